The van der Waals surface area contributed by atoms with Crippen LogP contribution < -0.4 is 10.5 Å². The van der Waals surface area contributed by atoms with Gasteiger partial charge in [0.05, 0.1) is 17.4 Å². The van der Waals surface area contributed by atoms with Crippen LogP contribution >= 0.6 is 0 Å². The Hall–Kier alpha value is -2.41. The molecule has 7 heteroatoms. The summed E-state index contributed by atoms with van der Waals surface area (Å²) in [6.07, 6.45) is 5.47. The van der Waals surface area contributed by atoms with E-state index in [1.807, 2.05) is 6.92 Å². The third-order valence-electron chi connectivity index (χ3n) is 7.06. The maximum Gasteiger partial charge on any atom is 0.341 e. The number of nitrogens with zero attached hydrogens (tertiary/aromatic N) is 3. The maximum atomic E-state index is 15.3. The number of carbonyl (C=O) groups is 1. The van der Waals surface area contributed by atoms with Crippen LogP contribution in [0.1, 0.15) is 53.1 Å². The summed E-state index contributed by atoms with van der Waals surface area (Å²) in [5.41, 5.74) is 1.89. The fourth-order valence-electron chi connectivity index (χ4n) is 5.48. The number of likely N-dealkylation sites (N-methyl/N-ethyl adjacent to an activating group) is 1. The second kappa shape index (κ2) is 6.55. The van der Waals surface area contributed by atoms with Crippen molar-refractivity contribution in [3.63, 3.8) is 0 Å². The lowest BCUT2D eigenvalue weighted by Gasteiger charge is -2.33. The number of fused-ring (bicyclic) bond motifs is 2. The van der Waals surface area contributed by atoms with E-state index in [4.69, 9.17) is 0 Å². The summed E-state index contributed by atoms with van der Waals surface area (Å²) < 4.78 is 16.5. The van der Waals surface area contributed by atoms with Crippen LogP contribution in [0.4, 0.5) is 10.1 Å². The molecule has 0 unspecified atom stereocenters. The Morgan fingerprint density at radius 1 is 1.24 bits per heavy atom. The molecular weight excluding hydrogens is 373 g/mol. The fourth-order valence-corrected chi connectivity index (χ4v) is 5.48. The van der Waals surface area contributed by atoms with E-state index >= 15 is 4.39 Å². The lowest BCUT2D eigenvalue weighted by atomic mass is 9.93. The summed E-state index contributed by atoms with van der Waals surface area (Å²) in [6.45, 7) is 4.54. The minimum atomic E-state index is -1.26. The minimum absolute atomic E-state index is 0.244. The number of hydrogen-bond acceptors (Lipinski definition) is 4. The maximum absolute atomic E-state index is 15.3. The predicted octanol–water partition coefficient (Wildman–Crippen LogP) is 2.85. The van der Waals surface area contributed by atoms with Gasteiger partial charge in [-0.15, -0.1) is 0 Å². The second-order valence-electron chi connectivity index (χ2n) is 8.92. The van der Waals surface area contributed by atoms with Gasteiger partial charge in [0, 0.05) is 19.1 Å². The van der Waals surface area contributed by atoms with Gasteiger partial charge in [-0.3, -0.25) is 9.20 Å². The highest BCUT2D eigenvalue weighted by molar-refractivity contribution is 5.89. The zero-order chi connectivity index (χ0) is 20.4. The van der Waals surface area contributed by atoms with Crippen LogP contribution in [-0.4, -0.2) is 53.1 Å². The molecule has 3 aliphatic rings. The largest absolute Gasteiger partial charge is 0.477 e. The predicted molar refractivity (Wildman–Crippen MR) is 109 cm³/mol. The lowest BCUT2D eigenvalue weighted by molar-refractivity contribution is 0.0694. The van der Waals surface area contributed by atoms with Crippen LogP contribution in [-0.2, 0) is 0 Å². The molecule has 1 N–H and O–H groups in total. The number of carboxylic acid groups (broad SMARTS) is 1. The molecule has 2 aromatic heterocycles. The molecular formula is C22H26FN3O3. The van der Waals surface area contributed by atoms with Crippen molar-refractivity contribution in [2.75, 3.05) is 31.6 Å². The molecule has 0 radical (unpaired) electrons. The van der Waals surface area contributed by atoms with Gasteiger partial charge < -0.3 is 14.9 Å². The van der Waals surface area contributed by atoms with Crippen molar-refractivity contribution < 1.29 is 14.3 Å². The first-order valence-corrected chi connectivity index (χ1v) is 10.4. The number of hydrogen-bond donors (Lipinski definition) is 1. The third-order valence-corrected chi connectivity index (χ3v) is 7.06. The Bertz CT molecular complexity index is 1080. The first-order chi connectivity index (χ1) is 13.9. The molecule has 1 saturated carbocycles. The molecule has 3 fully saturated rings. The average Bonchev–Trinajstić information content (AvgIpc) is 3.42. The molecule has 0 spiro atoms. The Balaban J connectivity index is 1.68. The number of aromatic carboxylic acids is 1. The SMILES string of the molecule is Cc1c(N2C[C@H]3CCCN(C)[C@H]3C2)c(F)cn2c(=O)c(C(=O)O)cc(C3CC3)c12. The highest BCUT2D eigenvalue weighted by atomic mass is 19.1. The lowest BCUT2D eigenvalue weighted by Crippen LogP contribution is -2.42. The van der Waals surface area contributed by atoms with E-state index in [0.717, 1.165) is 50.0 Å². The number of pyridine rings is 2. The smallest absolute Gasteiger partial charge is 0.341 e. The standard InChI is InChI=1S/C22H26FN3O3/c1-12-19-15(13-5-6-13)8-16(22(28)29)21(27)26(19)10-17(23)20(12)25-9-14-4-3-7-24(2)18(14)11-25/h8,10,13-14,18H,3-7,9,11H2,1-2H3,(H,28,29)/t14-,18+/m1/s1. The Labute approximate surface area is 168 Å². The molecule has 6 nitrogen and oxygen atoms in total. The van der Waals surface area contributed by atoms with Gasteiger partial charge in [-0.1, -0.05) is 0 Å². The van der Waals surface area contributed by atoms with Crippen molar-refractivity contribution in [1.29, 1.82) is 0 Å². The van der Waals surface area contributed by atoms with Crippen LogP contribution in [0.3, 0.4) is 0 Å². The summed E-state index contributed by atoms with van der Waals surface area (Å²) in [7, 11) is 2.14. The third kappa shape index (κ3) is 2.86. The van der Waals surface area contributed by atoms with Crippen LogP contribution in [0, 0.1) is 18.7 Å². The highest BCUT2D eigenvalue weighted by Crippen LogP contribution is 2.44. The van der Waals surface area contributed by atoms with Gasteiger partial charge in [0.25, 0.3) is 5.56 Å². The number of halogens is 1. The zero-order valence-electron chi connectivity index (χ0n) is 16.8. The monoisotopic (exact) mass is 399 g/mol. The van der Waals surface area contributed by atoms with E-state index in [2.05, 4.69) is 16.8 Å². The van der Waals surface area contributed by atoms with Crippen molar-refractivity contribution in [1.82, 2.24) is 9.30 Å². The number of aromatic nitrogens is 1. The quantitative estimate of drug-likeness (QED) is 0.860. The summed E-state index contributed by atoms with van der Waals surface area (Å²) in [6, 6.07) is 1.95. The number of anilines is 1. The molecule has 29 heavy (non-hydrogen) atoms. The normalized spacial score (nSPS) is 24.9. The topological polar surface area (TPSA) is 65.3 Å². The van der Waals surface area contributed by atoms with Crippen molar-refractivity contribution in [3.05, 3.63) is 45.1 Å². The Morgan fingerprint density at radius 2 is 2.00 bits per heavy atom. The molecule has 0 amide bonds. The van der Waals surface area contributed by atoms with Gasteiger partial charge >= 0.3 is 5.97 Å². The molecule has 2 aromatic rings. The highest BCUT2D eigenvalue weighted by Gasteiger charge is 2.39. The molecule has 2 saturated heterocycles. The second-order valence-corrected chi connectivity index (χ2v) is 8.92. The number of rotatable bonds is 3. The van der Waals surface area contributed by atoms with Crippen molar-refractivity contribution in [2.45, 2.75) is 44.6 Å². The van der Waals surface area contributed by atoms with Gasteiger partial charge in [0.1, 0.15) is 5.56 Å². The van der Waals surface area contributed by atoms with Crippen LogP contribution in [0.15, 0.2) is 17.1 Å². The van der Waals surface area contributed by atoms with Crippen LogP contribution in [0.25, 0.3) is 5.52 Å². The molecule has 5 rings (SSSR count). The van der Waals surface area contributed by atoms with E-state index in [-0.39, 0.29) is 11.5 Å². The van der Waals surface area contributed by atoms with Crippen molar-refractivity contribution in [3.8, 4) is 0 Å². The van der Waals surface area contributed by atoms with Crippen molar-refractivity contribution in [2.24, 2.45) is 5.92 Å². The van der Waals surface area contributed by atoms with E-state index in [1.54, 1.807) is 0 Å². The van der Waals surface area contributed by atoms with Gasteiger partial charge in [0.2, 0.25) is 0 Å². The molecule has 1 aliphatic carbocycles. The molecule has 2 atom stereocenters. The number of aryl methyl sites for hydroxylation is 1. The number of carboxylic acids is 1. The van der Waals surface area contributed by atoms with E-state index in [9.17, 15) is 14.7 Å². The minimum Gasteiger partial charge on any atom is -0.477 e. The average molecular weight is 399 g/mol. The molecule has 154 valence electrons. The van der Waals surface area contributed by atoms with Gasteiger partial charge in [-0.05, 0) is 75.2 Å². The summed E-state index contributed by atoms with van der Waals surface area (Å²) in [5, 5.41) is 9.44. The fraction of sp³-hybridized carbons (Fsp3) is 0.545. The summed E-state index contributed by atoms with van der Waals surface area (Å²) in [4.78, 5) is 28.8. The Kier molecular flexibility index (Phi) is 4.21. The van der Waals surface area contributed by atoms with Crippen LogP contribution in [0.5, 0.6) is 0 Å². The molecule has 0 bridgehead atoms. The first kappa shape index (κ1) is 18.6. The van der Waals surface area contributed by atoms with E-state index in [0.29, 0.717) is 23.2 Å². The van der Waals surface area contributed by atoms with Gasteiger partial charge in [-0.2, -0.15) is 0 Å². The van der Waals surface area contributed by atoms with Gasteiger partial charge in [0.15, 0.2) is 5.82 Å². The number of piperidine rings is 1. The molecule has 4 heterocycles. The Morgan fingerprint density at radius 3 is 2.66 bits per heavy atom. The molecule has 0 aromatic carbocycles. The van der Waals surface area contributed by atoms with E-state index < -0.39 is 17.3 Å². The zero-order valence-corrected chi connectivity index (χ0v) is 16.8. The van der Waals surface area contributed by atoms with Crippen LogP contribution in [0.2, 0.25) is 0 Å². The molecule has 2 aliphatic heterocycles. The summed E-state index contributed by atoms with van der Waals surface area (Å²) >= 11 is 0. The van der Waals surface area contributed by atoms with Crippen molar-refractivity contribution >= 4 is 17.2 Å². The number of likely N-dealkylation sites (tertiary alicyclic amines) is 1. The van der Waals surface area contributed by atoms with Gasteiger partial charge in [-0.25, -0.2) is 9.18 Å². The summed E-state index contributed by atoms with van der Waals surface area (Å²) in [5.74, 6) is -0.945. The van der Waals surface area contributed by atoms with E-state index in [1.165, 1.54) is 23.1 Å². The first-order valence-electron chi connectivity index (χ1n) is 10.4.